The fourth-order valence-corrected chi connectivity index (χ4v) is 20.1. The number of carbonyl (C=O) groups excluding carboxylic acids is 2. The normalized spacial score (nSPS) is 31.8. The first-order valence-electron chi connectivity index (χ1n) is 14.6. The predicted molar refractivity (Wildman–Crippen MR) is 198 cm³/mol. The van der Waals surface area contributed by atoms with Gasteiger partial charge in [0.25, 0.3) is 0 Å². The van der Waals surface area contributed by atoms with Gasteiger partial charge in [0.1, 0.15) is 0 Å². The molecule has 2 heterocycles. The van der Waals surface area contributed by atoms with Gasteiger partial charge in [-0.25, -0.2) is 0 Å². The van der Waals surface area contributed by atoms with E-state index in [1.165, 1.54) is 72.9 Å². The molecule has 0 aromatic heterocycles. The molecule has 3 rings (SSSR count). The first-order chi connectivity index (χ1) is 19.4. The van der Waals surface area contributed by atoms with Gasteiger partial charge in [0, 0.05) is 43.0 Å². The van der Waals surface area contributed by atoms with Crippen LogP contribution in [0.25, 0.3) is 0 Å². The van der Waals surface area contributed by atoms with Gasteiger partial charge in [0.05, 0.1) is 9.16 Å². The minimum absolute atomic E-state index is 0.130. The molecular weight excluding hydrogens is 649 g/mol. The third kappa shape index (κ3) is 10.3. The molecule has 2 nitrogen and oxygen atoms in total. The summed E-state index contributed by atoms with van der Waals surface area (Å²) in [5.74, 6) is 3.95. The highest BCUT2D eigenvalue weighted by Gasteiger charge is 2.43. The Bertz CT molecular complexity index is 752. The second-order valence-electron chi connectivity index (χ2n) is 10.8. The van der Waals surface area contributed by atoms with E-state index in [-0.39, 0.29) is 10.2 Å². The fraction of sp³-hybridized carbons (Fsp3) is 0.800. The molecule has 8 atom stereocenters. The Morgan fingerprint density at radius 2 is 1.12 bits per heavy atom. The zero-order chi connectivity index (χ0) is 29.1. The lowest BCUT2D eigenvalue weighted by Crippen LogP contribution is -2.34. The van der Waals surface area contributed by atoms with Crippen LogP contribution in [0.1, 0.15) is 65.2 Å². The first-order valence-corrected chi connectivity index (χ1v) is 23.0. The monoisotopic (exact) mass is 696 g/mol. The summed E-state index contributed by atoms with van der Waals surface area (Å²) >= 11 is 15.9. The van der Waals surface area contributed by atoms with Gasteiger partial charge in [-0.2, -0.15) is 23.5 Å². The van der Waals surface area contributed by atoms with Crippen molar-refractivity contribution in [3.63, 3.8) is 0 Å². The summed E-state index contributed by atoms with van der Waals surface area (Å²) < 4.78 is 1.29. The molecule has 8 unspecified atom stereocenters. The van der Waals surface area contributed by atoms with Gasteiger partial charge < -0.3 is 0 Å². The zero-order valence-electron chi connectivity index (χ0n) is 24.5. The van der Waals surface area contributed by atoms with E-state index in [2.05, 4.69) is 110 Å². The Morgan fingerprint density at radius 1 is 0.750 bits per heavy atom. The minimum atomic E-state index is 0.130. The molecule has 0 spiro atoms. The van der Waals surface area contributed by atoms with Crippen LogP contribution in [0.15, 0.2) is 25.3 Å². The summed E-state index contributed by atoms with van der Waals surface area (Å²) in [6.07, 6.45) is 17.5. The third-order valence-corrected chi connectivity index (χ3v) is 21.2. The number of rotatable bonds is 16. The van der Waals surface area contributed by atoms with Crippen molar-refractivity contribution in [3.05, 3.63) is 25.3 Å². The molecule has 3 fully saturated rings. The van der Waals surface area contributed by atoms with Crippen molar-refractivity contribution in [1.29, 1.82) is 0 Å². The fourth-order valence-electron chi connectivity index (χ4n) is 6.07. The molecule has 1 aliphatic carbocycles. The minimum Gasteiger partial charge on any atom is -0.282 e. The van der Waals surface area contributed by atoms with Crippen LogP contribution in [0.5, 0.6) is 0 Å². The molecule has 40 heavy (non-hydrogen) atoms. The number of hydrogen-bond acceptors (Lipinski definition) is 10. The molecule has 0 radical (unpaired) electrons. The van der Waals surface area contributed by atoms with Crippen molar-refractivity contribution in [3.8, 4) is 0 Å². The van der Waals surface area contributed by atoms with Gasteiger partial charge in [-0.05, 0) is 75.0 Å². The standard InChI is InChI=1S/C30H48O2S8/c1-7-11-21(37-25(31)9-3)23-17-35-29(39-23)27(33-5)19-13-15-20(16-14-19)28(34-6)30-36-18-24(40-30)22(12-8-2)38-26(32)10-4/h9-10,19-24,27-30H,3-4,7-8,11-18H2,1-2,5-6H3. The molecule has 2 saturated heterocycles. The first kappa shape index (κ1) is 36.1. The molecular formula is C30H48O2S8. The quantitative estimate of drug-likeness (QED) is 0.146. The lowest BCUT2D eigenvalue weighted by molar-refractivity contribution is -0.107. The summed E-state index contributed by atoms with van der Waals surface area (Å²) in [5, 5.41) is 3.61. The Labute approximate surface area is 278 Å². The van der Waals surface area contributed by atoms with Crippen LogP contribution in [0.3, 0.4) is 0 Å². The molecule has 3 aliphatic rings. The number of carbonyl (C=O) groups is 2. The van der Waals surface area contributed by atoms with E-state index in [9.17, 15) is 9.59 Å². The molecule has 2 aliphatic heterocycles. The maximum atomic E-state index is 12.1. The summed E-state index contributed by atoms with van der Waals surface area (Å²) in [7, 11) is 0. The van der Waals surface area contributed by atoms with Gasteiger partial charge in [0.15, 0.2) is 0 Å². The van der Waals surface area contributed by atoms with E-state index < -0.39 is 0 Å². The number of hydrogen-bond donors (Lipinski definition) is 0. The summed E-state index contributed by atoms with van der Waals surface area (Å²) in [4.78, 5) is 24.2. The van der Waals surface area contributed by atoms with Crippen molar-refractivity contribution < 1.29 is 9.59 Å². The van der Waals surface area contributed by atoms with Gasteiger partial charge in [-0.1, -0.05) is 63.4 Å². The van der Waals surface area contributed by atoms with Crippen molar-refractivity contribution >= 4 is 104 Å². The van der Waals surface area contributed by atoms with E-state index in [0.29, 0.717) is 40.7 Å². The summed E-state index contributed by atoms with van der Waals surface area (Å²) in [6.45, 7) is 11.9. The highest BCUT2D eigenvalue weighted by atomic mass is 32.2. The van der Waals surface area contributed by atoms with E-state index in [1.807, 2.05) is 0 Å². The Kier molecular flexibility index (Phi) is 17.3. The van der Waals surface area contributed by atoms with Gasteiger partial charge in [-0.15, -0.1) is 47.0 Å². The maximum absolute atomic E-state index is 12.1. The molecule has 0 aromatic carbocycles. The number of thioether (sulfide) groups is 8. The molecule has 10 heteroatoms. The van der Waals surface area contributed by atoms with Crippen LogP contribution in [0.2, 0.25) is 0 Å². The van der Waals surface area contributed by atoms with E-state index in [1.54, 1.807) is 0 Å². The second kappa shape index (κ2) is 19.2. The van der Waals surface area contributed by atoms with Crippen LogP contribution >= 0.6 is 94.1 Å². The lowest BCUT2D eigenvalue weighted by Gasteiger charge is -2.39. The van der Waals surface area contributed by atoms with E-state index in [0.717, 1.165) is 37.5 Å². The topological polar surface area (TPSA) is 34.1 Å². The highest BCUT2D eigenvalue weighted by molar-refractivity contribution is 8.23. The molecule has 0 bridgehead atoms. The van der Waals surface area contributed by atoms with Crippen molar-refractivity contribution in [2.45, 2.75) is 106 Å². The highest BCUT2D eigenvalue weighted by Crippen LogP contribution is 2.54. The Balaban J connectivity index is 1.53. The second-order valence-corrected chi connectivity index (χ2v) is 21.0. The van der Waals surface area contributed by atoms with Crippen LogP contribution < -0.4 is 0 Å². The molecule has 0 N–H and O–H groups in total. The average Bonchev–Trinajstić information content (AvgIpc) is 3.65. The maximum Gasteiger partial charge on any atom is 0.211 e. The van der Waals surface area contributed by atoms with Gasteiger partial charge >= 0.3 is 0 Å². The summed E-state index contributed by atoms with van der Waals surface area (Å²) in [6, 6.07) is 0. The Morgan fingerprint density at radius 3 is 1.43 bits per heavy atom. The predicted octanol–water partition coefficient (Wildman–Crippen LogP) is 9.83. The van der Waals surface area contributed by atoms with E-state index in [4.69, 9.17) is 0 Å². The van der Waals surface area contributed by atoms with Gasteiger partial charge in [-0.3, -0.25) is 9.59 Å². The van der Waals surface area contributed by atoms with Crippen LogP contribution in [-0.2, 0) is 9.59 Å². The SMILES string of the molecule is C=CC(=O)SC(CCC)C1CSC(C(SC)C2CCC(C(SC)C3SCC(C(CCC)SC(=O)C=C)S3)CC2)S1. The van der Waals surface area contributed by atoms with E-state index >= 15 is 0 Å². The van der Waals surface area contributed by atoms with Gasteiger partial charge in [0.2, 0.25) is 10.2 Å². The van der Waals surface area contributed by atoms with Crippen molar-refractivity contribution in [2.24, 2.45) is 11.8 Å². The van der Waals surface area contributed by atoms with Crippen LogP contribution in [0.4, 0.5) is 0 Å². The molecule has 0 aromatic rings. The third-order valence-electron chi connectivity index (χ3n) is 8.14. The van der Waals surface area contributed by atoms with Crippen molar-refractivity contribution in [2.75, 3.05) is 24.0 Å². The van der Waals surface area contributed by atoms with Crippen molar-refractivity contribution in [1.82, 2.24) is 0 Å². The summed E-state index contributed by atoms with van der Waals surface area (Å²) in [5.41, 5.74) is 0. The van der Waals surface area contributed by atoms with Crippen LogP contribution in [-0.4, -0.2) is 74.9 Å². The molecule has 0 amide bonds. The smallest absolute Gasteiger partial charge is 0.211 e. The zero-order valence-corrected chi connectivity index (χ0v) is 31.0. The molecule has 228 valence electrons. The average molecular weight is 697 g/mol. The lowest BCUT2D eigenvalue weighted by atomic mass is 9.79. The molecule has 1 saturated carbocycles. The largest absolute Gasteiger partial charge is 0.282 e. The van der Waals surface area contributed by atoms with Crippen LogP contribution in [0, 0.1) is 11.8 Å². The Hall–Kier alpha value is 1.62.